The van der Waals surface area contributed by atoms with Crippen molar-refractivity contribution in [3.63, 3.8) is 0 Å². The Morgan fingerprint density at radius 1 is 1.26 bits per heavy atom. The molecular weight excluding hydrogens is 308 g/mol. The lowest BCUT2D eigenvalue weighted by molar-refractivity contribution is -0.122. The predicted octanol–water partition coefficient (Wildman–Crippen LogP) is 2.83. The number of hydrogen-bond donors (Lipinski definition) is 1. The third-order valence-electron chi connectivity index (χ3n) is 5.24. The van der Waals surface area contributed by atoms with Crippen LogP contribution >= 0.6 is 11.3 Å². The van der Waals surface area contributed by atoms with Gasteiger partial charge in [-0.05, 0) is 56.6 Å². The Morgan fingerprint density at radius 3 is 2.74 bits per heavy atom. The smallest absolute Gasteiger partial charge is 0.220 e. The molecule has 0 bridgehead atoms. The van der Waals surface area contributed by atoms with Gasteiger partial charge in [0.2, 0.25) is 5.91 Å². The molecule has 0 aromatic carbocycles. The van der Waals surface area contributed by atoms with Crippen LogP contribution in [0.5, 0.6) is 0 Å². The molecule has 3 heterocycles. The molecule has 5 heteroatoms. The van der Waals surface area contributed by atoms with Crippen molar-refractivity contribution in [2.24, 2.45) is 0 Å². The Morgan fingerprint density at radius 2 is 2.04 bits per heavy atom. The molecule has 2 aliphatic rings. The molecule has 0 unspecified atom stereocenters. The van der Waals surface area contributed by atoms with Crippen molar-refractivity contribution in [1.82, 2.24) is 10.2 Å². The number of aryl methyl sites for hydroxylation is 1. The number of likely N-dealkylation sites (tertiary alicyclic amines) is 1. The topological polar surface area (TPSA) is 41.6 Å². The van der Waals surface area contributed by atoms with Gasteiger partial charge in [-0.1, -0.05) is 12.5 Å². The number of rotatable bonds is 6. The van der Waals surface area contributed by atoms with Gasteiger partial charge in [0.05, 0.1) is 0 Å². The van der Waals surface area contributed by atoms with E-state index >= 15 is 0 Å². The maximum absolute atomic E-state index is 12.2. The maximum atomic E-state index is 12.2. The SMILES string of the molecule is O=C(CCc1cccs1)NCC1(N2CCCCC2)CCOCC1. The van der Waals surface area contributed by atoms with Crippen LogP contribution in [0.4, 0.5) is 0 Å². The lowest BCUT2D eigenvalue weighted by Gasteiger charge is -2.48. The van der Waals surface area contributed by atoms with Crippen molar-refractivity contribution in [3.8, 4) is 0 Å². The molecule has 128 valence electrons. The zero-order valence-electron chi connectivity index (χ0n) is 13.9. The highest BCUT2D eigenvalue weighted by molar-refractivity contribution is 7.09. The average molecular weight is 337 g/mol. The van der Waals surface area contributed by atoms with E-state index < -0.39 is 0 Å². The van der Waals surface area contributed by atoms with Gasteiger partial charge in [0.25, 0.3) is 0 Å². The molecular formula is C18H28N2O2S. The maximum Gasteiger partial charge on any atom is 0.220 e. The van der Waals surface area contributed by atoms with E-state index in [4.69, 9.17) is 4.74 Å². The second-order valence-electron chi connectivity index (χ2n) is 6.74. The molecule has 1 aromatic rings. The number of ether oxygens (including phenoxy) is 1. The van der Waals surface area contributed by atoms with Crippen molar-refractivity contribution < 1.29 is 9.53 Å². The highest BCUT2D eigenvalue weighted by Crippen LogP contribution is 2.30. The minimum atomic E-state index is 0.122. The van der Waals surface area contributed by atoms with Gasteiger partial charge in [0, 0.05) is 36.6 Å². The summed E-state index contributed by atoms with van der Waals surface area (Å²) in [6.07, 6.45) is 7.44. The van der Waals surface area contributed by atoms with E-state index in [1.165, 1.54) is 37.2 Å². The van der Waals surface area contributed by atoms with E-state index in [2.05, 4.69) is 21.7 Å². The normalized spacial score (nSPS) is 21.9. The Hall–Kier alpha value is -0.910. The number of nitrogens with one attached hydrogen (secondary N) is 1. The molecule has 23 heavy (non-hydrogen) atoms. The standard InChI is InChI=1S/C18H28N2O2S/c21-17(7-6-16-5-4-14-23-16)19-15-18(8-12-22-13-9-18)20-10-2-1-3-11-20/h4-5,14H,1-3,6-13,15H2,(H,19,21). The first-order valence-electron chi connectivity index (χ1n) is 8.90. The number of piperidine rings is 1. The summed E-state index contributed by atoms with van der Waals surface area (Å²) in [6, 6.07) is 4.15. The minimum absolute atomic E-state index is 0.122. The van der Waals surface area contributed by atoms with Gasteiger partial charge in [0.1, 0.15) is 0 Å². The first-order chi connectivity index (χ1) is 11.3. The molecule has 1 aromatic heterocycles. The summed E-state index contributed by atoms with van der Waals surface area (Å²) in [5.74, 6) is 0.182. The molecule has 4 nitrogen and oxygen atoms in total. The molecule has 2 fully saturated rings. The number of carbonyl (C=O) groups excluding carboxylic acids is 1. The van der Waals surface area contributed by atoms with Crippen LogP contribution in [0, 0.1) is 0 Å². The van der Waals surface area contributed by atoms with Gasteiger partial charge in [-0.15, -0.1) is 11.3 Å². The summed E-state index contributed by atoms with van der Waals surface area (Å²) >= 11 is 1.73. The molecule has 2 saturated heterocycles. The number of amides is 1. The zero-order chi connectivity index (χ0) is 16.0. The fraction of sp³-hybridized carbons (Fsp3) is 0.722. The van der Waals surface area contributed by atoms with Gasteiger partial charge < -0.3 is 10.1 Å². The highest BCUT2D eigenvalue weighted by atomic mass is 32.1. The van der Waals surface area contributed by atoms with Crippen molar-refractivity contribution in [1.29, 1.82) is 0 Å². The third kappa shape index (κ3) is 4.55. The van der Waals surface area contributed by atoms with E-state index in [-0.39, 0.29) is 11.4 Å². The quantitative estimate of drug-likeness (QED) is 0.868. The first-order valence-corrected chi connectivity index (χ1v) is 9.78. The monoisotopic (exact) mass is 336 g/mol. The highest BCUT2D eigenvalue weighted by Gasteiger charge is 2.39. The number of hydrogen-bond acceptors (Lipinski definition) is 4. The molecule has 0 radical (unpaired) electrons. The molecule has 0 aliphatic carbocycles. The lowest BCUT2D eigenvalue weighted by atomic mass is 9.86. The van der Waals surface area contributed by atoms with Crippen LogP contribution in [0.15, 0.2) is 17.5 Å². The molecule has 0 saturated carbocycles. The van der Waals surface area contributed by atoms with E-state index in [0.717, 1.165) is 39.0 Å². The lowest BCUT2D eigenvalue weighted by Crippen LogP contribution is -2.59. The summed E-state index contributed by atoms with van der Waals surface area (Å²) in [5.41, 5.74) is 0.122. The number of nitrogens with zero attached hydrogens (tertiary/aromatic N) is 1. The largest absolute Gasteiger partial charge is 0.381 e. The average Bonchev–Trinajstić information content (AvgIpc) is 3.13. The van der Waals surface area contributed by atoms with Gasteiger partial charge in [-0.2, -0.15) is 0 Å². The minimum Gasteiger partial charge on any atom is -0.381 e. The summed E-state index contributed by atoms with van der Waals surface area (Å²) < 4.78 is 5.58. The Balaban J connectivity index is 1.52. The second-order valence-corrected chi connectivity index (χ2v) is 7.77. The van der Waals surface area contributed by atoms with Crippen LogP contribution < -0.4 is 5.32 Å². The van der Waals surface area contributed by atoms with Crippen LogP contribution in [0.1, 0.15) is 43.4 Å². The first kappa shape index (κ1) is 16.9. The van der Waals surface area contributed by atoms with Gasteiger partial charge >= 0.3 is 0 Å². The Kier molecular flexibility index (Phi) is 6.08. The van der Waals surface area contributed by atoms with Gasteiger partial charge in [0.15, 0.2) is 0 Å². The van der Waals surface area contributed by atoms with E-state index in [1.807, 2.05) is 6.07 Å². The second kappa shape index (κ2) is 8.27. The van der Waals surface area contributed by atoms with E-state index in [9.17, 15) is 4.79 Å². The van der Waals surface area contributed by atoms with Crippen LogP contribution in [0.3, 0.4) is 0 Å². The Labute approximate surface area is 143 Å². The Bertz CT molecular complexity index is 477. The molecule has 2 aliphatic heterocycles. The fourth-order valence-electron chi connectivity index (χ4n) is 3.77. The number of thiophene rings is 1. The van der Waals surface area contributed by atoms with Crippen LogP contribution in [0.2, 0.25) is 0 Å². The van der Waals surface area contributed by atoms with E-state index in [0.29, 0.717) is 6.42 Å². The zero-order valence-corrected chi connectivity index (χ0v) is 14.7. The van der Waals surface area contributed by atoms with Crippen molar-refractivity contribution >= 4 is 17.2 Å². The summed E-state index contributed by atoms with van der Waals surface area (Å²) in [4.78, 5) is 16.2. The van der Waals surface area contributed by atoms with Crippen molar-refractivity contribution in [2.45, 2.75) is 50.5 Å². The molecule has 0 atom stereocenters. The third-order valence-corrected chi connectivity index (χ3v) is 6.18. The summed E-state index contributed by atoms with van der Waals surface area (Å²) in [6.45, 7) is 4.76. The van der Waals surface area contributed by atoms with Crippen molar-refractivity contribution in [3.05, 3.63) is 22.4 Å². The van der Waals surface area contributed by atoms with Crippen LogP contribution in [-0.4, -0.2) is 49.2 Å². The molecule has 3 rings (SSSR count). The van der Waals surface area contributed by atoms with Gasteiger partial charge in [-0.3, -0.25) is 9.69 Å². The summed E-state index contributed by atoms with van der Waals surface area (Å²) in [7, 11) is 0. The van der Waals surface area contributed by atoms with Crippen molar-refractivity contribution in [2.75, 3.05) is 32.8 Å². The van der Waals surface area contributed by atoms with E-state index in [1.54, 1.807) is 11.3 Å². The summed E-state index contributed by atoms with van der Waals surface area (Å²) in [5, 5.41) is 5.29. The molecule has 0 spiro atoms. The van der Waals surface area contributed by atoms with Crippen LogP contribution in [-0.2, 0) is 16.0 Å². The van der Waals surface area contributed by atoms with Gasteiger partial charge in [-0.25, -0.2) is 0 Å². The predicted molar refractivity (Wildman–Crippen MR) is 93.9 cm³/mol. The fourth-order valence-corrected chi connectivity index (χ4v) is 4.48. The molecule has 1 amide bonds. The number of carbonyl (C=O) groups is 1. The van der Waals surface area contributed by atoms with Crippen LogP contribution in [0.25, 0.3) is 0 Å². The molecule has 1 N–H and O–H groups in total.